The number of aromatic nitrogens is 1. The fourth-order valence-electron chi connectivity index (χ4n) is 2.88. The highest BCUT2D eigenvalue weighted by atomic mass is 32.2. The number of H-pyrrole nitrogens is 1. The van der Waals surface area contributed by atoms with E-state index in [0.29, 0.717) is 18.5 Å². The highest BCUT2D eigenvalue weighted by Gasteiger charge is 2.37. The minimum absolute atomic E-state index is 0.224. The molecule has 0 spiro atoms. The van der Waals surface area contributed by atoms with E-state index >= 15 is 0 Å². The first-order chi connectivity index (χ1) is 10.5. The van der Waals surface area contributed by atoms with Gasteiger partial charge >= 0.3 is 0 Å². The summed E-state index contributed by atoms with van der Waals surface area (Å²) < 4.78 is 27.2. The lowest BCUT2D eigenvalue weighted by Gasteiger charge is -2.23. The van der Waals surface area contributed by atoms with Gasteiger partial charge in [0, 0.05) is 18.3 Å². The number of rotatable bonds is 3. The Hall–Kier alpha value is -1.92. The number of nitrogens with one attached hydrogen (secondary N) is 1. The van der Waals surface area contributed by atoms with Crippen LogP contribution >= 0.6 is 0 Å². The van der Waals surface area contributed by atoms with Gasteiger partial charge in [-0.05, 0) is 38.0 Å². The van der Waals surface area contributed by atoms with E-state index in [4.69, 9.17) is 0 Å². The molecule has 1 aromatic carbocycles. The fourth-order valence-corrected chi connectivity index (χ4v) is 4.56. The van der Waals surface area contributed by atoms with Crippen molar-refractivity contribution in [3.8, 4) is 0 Å². The molecule has 0 saturated carbocycles. The third-order valence-electron chi connectivity index (χ3n) is 4.04. The maximum absolute atomic E-state index is 12.9. The van der Waals surface area contributed by atoms with Gasteiger partial charge in [-0.1, -0.05) is 23.8 Å². The summed E-state index contributed by atoms with van der Waals surface area (Å²) in [6, 6.07) is 9.85. The number of aromatic amines is 1. The average Bonchev–Trinajstić information content (AvgIpc) is 2.98. The Morgan fingerprint density at radius 2 is 1.91 bits per heavy atom. The molecule has 5 nitrogen and oxygen atoms in total. The molecule has 1 aliphatic heterocycles. The SMILES string of the molecule is Cc1ccc(S(=O)(=O)N2CCC[C@@H]2c2ccc[nH]c2=O)cc1. The lowest BCUT2D eigenvalue weighted by atomic mass is 10.1. The number of nitrogens with zero attached hydrogens (tertiary/aromatic N) is 1. The smallest absolute Gasteiger partial charge is 0.252 e. The highest BCUT2D eigenvalue weighted by molar-refractivity contribution is 7.89. The molecule has 1 fully saturated rings. The second kappa shape index (κ2) is 5.70. The summed E-state index contributed by atoms with van der Waals surface area (Å²) in [5, 5.41) is 0. The highest BCUT2D eigenvalue weighted by Crippen LogP contribution is 2.35. The molecule has 0 radical (unpaired) electrons. The van der Waals surface area contributed by atoms with Crippen LogP contribution in [0.25, 0.3) is 0 Å². The maximum Gasteiger partial charge on any atom is 0.252 e. The topological polar surface area (TPSA) is 70.2 Å². The molecule has 6 heteroatoms. The second-order valence-corrected chi connectivity index (χ2v) is 7.43. The molecule has 1 aromatic heterocycles. The molecule has 116 valence electrons. The van der Waals surface area contributed by atoms with Gasteiger partial charge in [0.15, 0.2) is 0 Å². The van der Waals surface area contributed by atoms with Gasteiger partial charge in [0.1, 0.15) is 0 Å². The van der Waals surface area contributed by atoms with Crippen molar-refractivity contribution in [2.24, 2.45) is 0 Å². The van der Waals surface area contributed by atoms with Crippen molar-refractivity contribution in [1.82, 2.24) is 9.29 Å². The van der Waals surface area contributed by atoms with E-state index < -0.39 is 16.1 Å². The Labute approximate surface area is 129 Å². The zero-order valence-corrected chi connectivity index (χ0v) is 13.1. The maximum atomic E-state index is 12.9. The monoisotopic (exact) mass is 318 g/mol. The van der Waals surface area contributed by atoms with Crippen molar-refractivity contribution in [1.29, 1.82) is 0 Å². The summed E-state index contributed by atoms with van der Waals surface area (Å²) in [5.41, 5.74) is 1.30. The van der Waals surface area contributed by atoms with E-state index in [9.17, 15) is 13.2 Å². The molecular weight excluding hydrogens is 300 g/mol. The van der Waals surface area contributed by atoms with Crippen molar-refractivity contribution >= 4 is 10.0 Å². The zero-order valence-electron chi connectivity index (χ0n) is 12.3. The van der Waals surface area contributed by atoms with Crippen LogP contribution in [0.4, 0.5) is 0 Å². The number of aryl methyl sites for hydroxylation is 1. The third-order valence-corrected chi connectivity index (χ3v) is 5.96. The molecule has 0 aliphatic carbocycles. The molecule has 0 amide bonds. The van der Waals surface area contributed by atoms with E-state index in [1.165, 1.54) is 4.31 Å². The minimum atomic E-state index is -3.59. The number of sulfonamides is 1. The normalized spacial score (nSPS) is 19.4. The van der Waals surface area contributed by atoms with Crippen LogP contribution in [0, 0.1) is 6.92 Å². The van der Waals surface area contributed by atoms with Crippen molar-refractivity contribution in [3.63, 3.8) is 0 Å². The van der Waals surface area contributed by atoms with Gasteiger partial charge in [0.05, 0.1) is 10.9 Å². The van der Waals surface area contributed by atoms with Crippen LogP contribution in [0.2, 0.25) is 0 Å². The predicted molar refractivity (Wildman–Crippen MR) is 84.1 cm³/mol. The quantitative estimate of drug-likeness (QED) is 0.943. The molecule has 0 bridgehead atoms. The van der Waals surface area contributed by atoms with Crippen LogP contribution in [-0.2, 0) is 10.0 Å². The first-order valence-corrected chi connectivity index (χ1v) is 8.70. The Morgan fingerprint density at radius 3 is 2.59 bits per heavy atom. The van der Waals surface area contributed by atoms with Crippen LogP contribution in [0.5, 0.6) is 0 Å². The molecule has 1 aliphatic rings. The average molecular weight is 318 g/mol. The standard InChI is InChI=1S/C16H18N2O3S/c1-12-6-8-13(9-7-12)22(20,21)18-11-3-5-15(18)14-4-2-10-17-16(14)19/h2,4,6-10,15H,3,5,11H2,1H3,(H,17,19)/t15-/m1/s1. The number of benzene rings is 1. The molecule has 2 aromatic rings. The molecule has 1 atom stereocenters. The van der Waals surface area contributed by atoms with Gasteiger partial charge < -0.3 is 4.98 Å². The van der Waals surface area contributed by atoms with Gasteiger partial charge in [0.25, 0.3) is 5.56 Å². The van der Waals surface area contributed by atoms with E-state index in [1.54, 1.807) is 42.6 Å². The van der Waals surface area contributed by atoms with E-state index in [0.717, 1.165) is 12.0 Å². The van der Waals surface area contributed by atoms with Crippen molar-refractivity contribution in [2.75, 3.05) is 6.54 Å². The van der Waals surface area contributed by atoms with Gasteiger partial charge in [-0.15, -0.1) is 0 Å². The summed E-state index contributed by atoms with van der Waals surface area (Å²) in [5.74, 6) is 0. The Kier molecular flexibility index (Phi) is 3.88. The van der Waals surface area contributed by atoms with Crippen molar-refractivity contribution in [3.05, 3.63) is 64.1 Å². The number of hydrogen-bond acceptors (Lipinski definition) is 3. The third kappa shape index (κ3) is 2.60. The summed E-state index contributed by atoms with van der Waals surface area (Å²) in [7, 11) is -3.59. The fraction of sp³-hybridized carbons (Fsp3) is 0.312. The summed E-state index contributed by atoms with van der Waals surface area (Å²) in [6.45, 7) is 2.35. The summed E-state index contributed by atoms with van der Waals surface area (Å²) in [4.78, 5) is 14.9. The van der Waals surface area contributed by atoms with Crippen LogP contribution in [-0.4, -0.2) is 24.3 Å². The largest absolute Gasteiger partial charge is 0.329 e. The molecule has 3 rings (SSSR count). The number of hydrogen-bond donors (Lipinski definition) is 1. The van der Waals surface area contributed by atoms with Crippen LogP contribution in [0.15, 0.2) is 52.3 Å². The summed E-state index contributed by atoms with van der Waals surface area (Å²) in [6.07, 6.45) is 2.97. The van der Waals surface area contributed by atoms with Gasteiger partial charge in [-0.2, -0.15) is 4.31 Å². The zero-order chi connectivity index (χ0) is 15.7. The minimum Gasteiger partial charge on any atom is -0.329 e. The molecule has 2 heterocycles. The molecule has 1 N–H and O–H groups in total. The number of pyridine rings is 1. The lowest BCUT2D eigenvalue weighted by Crippen LogP contribution is -2.33. The van der Waals surface area contributed by atoms with Crippen LogP contribution in [0.1, 0.15) is 30.0 Å². The Balaban J connectivity index is 2.01. The first-order valence-electron chi connectivity index (χ1n) is 7.26. The first kappa shape index (κ1) is 15.0. The Morgan fingerprint density at radius 1 is 1.18 bits per heavy atom. The van der Waals surface area contributed by atoms with E-state index in [2.05, 4.69) is 4.98 Å². The van der Waals surface area contributed by atoms with E-state index in [1.807, 2.05) is 6.92 Å². The van der Waals surface area contributed by atoms with Crippen molar-refractivity contribution < 1.29 is 8.42 Å². The second-order valence-electron chi connectivity index (χ2n) is 5.54. The van der Waals surface area contributed by atoms with Gasteiger partial charge in [-0.25, -0.2) is 8.42 Å². The van der Waals surface area contributed by atoms with Crippen molar-refractivity contribution in [2.45, 2.75) is 30.7 Å². The summed E-state index contributed by atoms with van der Waals surface area (Å²) >= 11 is 0. The van der Waals surface area contributed by atoms with Gasteiger partial charge in [-0.3, -0.25) is 4.79 Å². The van der Waals surface area contributed by atoms with Crippen LogP contribution < -0.4 is 5.56 Å². The molecule has 22 heavy (non-hydrogen) atoms. The Bertz CT molecular complexity index is 825. The van der Waals surface area contributed by atoms with Crippen LogP contribution in [0.3, 0.4) is 0 Å². The van der Waals surface area contributed by atoms with Gasteiger partial charge in [0.2, 0.25) is 10.0 Å². The predicted octanol–water partition coefficient (Wildman–Crippen LogP) is 2.21. The van der Waals surface area contributed by atoms with E-state index in [-0.39, 0.29) is 10.5 Å². The molecular formula is C16H18N2O3S. The molecule has 1 saturated heterocycles. The molecule has 0 unspecified atom stereocenters. The lowest BCUT2D eigenvalue weighted by molar-refractivity contribution is 0.394.